The lowest BCUT2D eigenvalue weighted by atomic mass is 9.96. The van der Waals surface area contributed by atoms with E-state index < -0.39 is 0 Å². The highest BCUT2D eigenvalue weighted by molar-refractivity contribution is 14.0. The van der Waals surface area contributed by atoms with E-state index in [-0.39, 0.29) is 24.0 Å². The van der Waals surface area contributed by atoms with Crippen LogP contribution in [0.15, 0.2) is 4.99 Å². The van der Waals surface area contributed by atoms with Crippen LogP contribution in [-0.2, 0) is 4.74 Å². The van der Waals surface area contributed by atoms with Crippen LogP contribution in [0.4, 0.5) is 0 Å². The number of hydrogen-bond acceptors (Lipinski definition) is 3. The molecule has 3 saturated heterocycles. The smallest absolute Gasteiger partial charge is 0.191 e. The van der Waals surface area contributed by atoms with E-state index in [0.29, 0.717) is 24.3 Å². The lowest BCUT2D eigenvalue weighted by molar-refractivity contribution is 0.0992. The summed E-state index contributed by atoms with van der Waals surface area (Å²) in [5, 5.41) is 7.08. The van der Waals surface area contributed by atoms with Crippen molar-refractivity contribution in [2.75, 3.05) is 26.2 Å². The van der Waals surface area contributed by atoms with Gasteiger partial charge in [-0.2, -0.15) is 0 Å². The molecular formula is C19H37IN4O. The van der Waals surface area contributed by atoms with Crippen LogP contribution < -0.4 is 10.6 Å². The molecule has 146 valence electrons. The van der Waals surface area contributed by atoms with Crippen LogP contribution in [-0.4, -0.2) is 61.3 Å². The molecule has 4 atom stereocenters. The van der Waals surface area contributed by atoms with E-state index in [0.717, 1.165) is 31.4 Å². The first kappa shape index (κ1) is 21.2. The van der Waals surface area contributed by atoms with Crippen LogP contribution in [0.3, 0.4) is 0 Å². The minimum Gasteiger partial charge on any atom is -0.373 e. The average molecular weight is 464 g/mol. The normalized spacial score (nSPS) is 30.6. The summed E-state index contributed by atoms with van der Waals surface area (Å²) in [5.41, 5.74) is 0. The molecule has 0 aromatic heterocycles. The molecule has 6 heteroatoms. The van der Waals surface area contributed by atoms with Crippen molar-refractivity contribution in [2.24, 2.45) is 10.9 Å². The van der Waals surface area contributed by atoms with E-state index in [4.69, 9.17) is 9.73 Å². The van der Waals surface area contributed by atoms with Gasteiger partial charge in [-0.25, -0.2) is 0 Å². The van der Waals surface area contributed by atoms with Gasteiger partial charge in [-0.3, -0.25) is 9.89 Å². The first-order chi connectivity index (χ1) is 11.7. The maximum atomic E-state index is 5.97. The number of ether oxygens (including phenoxy) is 1. The number of likely N-dealkylation sites (tertiary alicyclic amines) is 1. The van der Waals surface area contributed by atoms with Crippen LogP contribution in [0.5, 0.6) is 0 Å². The second kappa shape index (κ2) is 10.3. The van der Waals surface area contributed by atoms with Gasteiger partial charge in [0, 0.05) is 12.6 Å². The summed E-state index contributed by atoms with van der Waals surface area (Å²) < 4.78 is 5.97. The van der Waals surface area contributed by atoms with Gasteiger partial charge in [0.15, 0.2) is 5.96 Å². The molecular weight excluding hydrogens is 427 g/mol. The fraction of sp³-hybridized carbons (Fsp3) is 0.947. The Kier molecular flexibility index (Phi) is 8.75. The van der Waals surface area contributed by atoms with Crippen molar-refractivity contribution in [1.29, 1.82) is 0 Å². The van der Waals surface area contributed by atoms with Crippen molar-refractivity contribution in [3.63, 3.8) is 0 Å². The van der Waals surface area contributed by atoms with Gasteiger partial charge in [0.25, 0.3) is 0 Å². The summed E-state index contributed by atoms with van der Waals surface area (Å²) in [7, 11) is 0. The monoisotopic (exact) mass is 464 g/mol. The summed E-state index contributed by atoms with van der Waals surface area (Å²) in [6.45, 7) is 11.1. The lowest BCUT2D eigenvalue weighted by Gasteiger charge is -2.28. The number of fused-ring (bicyclic) bond motifs is 2. The molecule has 0 radical (unpaired) electrons. The first-order valence-electron chi connectivity index (χ1n) is 10.1. The Balaban J connectivity index is 0.00000225. The summed E-state index contributed by atoms with van der Waals surface area (Å²) in [6.07, 6.45) is 8.38. The molecule has 0 spiro atoms. The van der Waals surface area contributed by atoms with Crippen molar-refractivity contribution in [1.82, 2.24) is 15.5 Å². The molecule has 3 fully saturated rings. The van der Waals surface area contributed by atoms with E-state index in [9.17, 15) is 0 Å². The van der Waals surface area contributed by atoms with Gasteiger partial charge in [0.1, 0.15) is 0 Å². The standard InChI is InChI=1S/C19H36N4O.HI/c1-4-20-19(22-17-12-16-7-8-18(17)24-16)21-13-15(11-14(2)3)23-9-5-6-10-23;/h14-18H,4-13H2,1-3H3,(H2,20,21,22);1H. The summed E-state index contributed by atoms with van der Waals surface area (Å²) >= 11 is 0. The highest BCUT2D eigenvalue weighted by Gasteiger charge is 2.41. The molecule has 3 aliphatic heterocycles. The van der Waals surface area contributed by atoms with Crippen molar-refractivity contribution >= 4 is 29.9 Å². The average Bonchev–Trinajstić information content (AvgIpc) is 3.28. The van der Waals surface area contributed by atoms with E-state index in [1.165, 1.54) is 45.2 Å². The third-order valence-corrected chi connectivity index (χ3v) is 5.63. The van der Waals surface area contributed by atoms with E-state index >= 15 is 0 Å². The molecule has 2 N–H and O–H groups in total. The maximum Gasteiger partial charge on any atom is 0.191 e. The van der Waals surface area contributed by atoms with Gasteiger partial charge in [-0.15, -0.1) is 24.0 Å². The highest BCUT2D eigenvalue weighted by atomic mass is 127. The zero-order valence-electron chi connectivity index (χ0n) is 16.2. The van der Waals surface area contributed by atoms with E-state index in [2.05, 4.69) is 36.3 Å². The third kappa shape index (κ3) is 5.96. The summed E-state index contributed by atoms with van der Waals surface area (Å²) in [6, 6.07) is 1.02. The second-order valence-corrected chi connectivity index (χ2v) is 8.11. The van der Waals surface area contributed by atoms with Crippen molar-refractivity contribution in [3.8, 4) is 0 Å². The molecule has 0 aromatic carbocycles. The van der Waals surface area contributed by atoms with Gasteiger partial charge < -0.3 is 15.4 Å². The highest BCUT2D eigenvalue weighted by Crippen LogP contribution is 2.34. The summed E-state index contributed by atoms with van der Waals surface area (Å²) in [5.74, 6) is 1.70. The Labute approximate surface area is 170 Å². The Morgan fingerprint density at radius 2 is 2.00 bits per heavy atom. The molecule has 2 bridgehead atoms. The predicted octanol–water partition coefficient (Wildman–Crippen LogP) is 2.99. The molecule has 0 amide bonds. The number of nitrogens with one attached hydrogen (secondary N) is 2. The molecule has 3 heterocycles. The van der Waals surface area contributed by atoms with Crippen LogP contribution in [0.1, 0.15) is 59.3 Å². The van der Waals surface area contributed by atoms with Crippen molar-refractivity contribution < 1.29 is 4.74 Å². The van der Waals surface area contributed by atoms with Gasteiger partial charge in [0.2, 0.25) is 0 Å². The minimum atomic E-state index is 0. The Morgan fingerprint density at radius 1 is 1.24 bits per heavy atom. The minimum absolute atomic E-state index is 0. The fourth-order valence-corrected chi connectivity index (χ4v) is 4.47. The van der Waals surface area contributed by atoms with Gasteiger partial charge in [-0.1, -0.05) is 13.8 Å². The molecule has 0 aliphatic carbocycles. The fourth-order valence-electron chi connectivity index (χ4n) is 4.47. The molecule has 25 heavy (non-hydrogen) atoms. The Hall–Kier alpha value is -0.0800. The number of guanidine groups is 1. The molecule has 3 aliphatic rings. The molecule has 0 saturated carbocycles. The van der Waals surface area contributed by atoms with Crippen LogP contribution >= 0.6 is 24.0 Å². The van der Waals surface area contributed by atoms with Gasteiger partial charge in [-0.05, 0) is 64.5 Å². The maximum absolute atomic E-state index is 5.97. The number of nitrogens with zero attached hydrogens (tertiary/aromatic N) is 2. The summed E-state index contributed by atoms with van der Waals surface area (Å²) in [4.78, 5) is 7.60. The van der Waals surface area contributed by atoms with Crippen molar-refractivity contribution in [3.05, 3.63) is 0 Å². The number of hydrogen-bond donors (Lipinski definition) is 2. The van der Waals surface area contributed by atoms with Crippen LogP contribution in [0, 0.1) is 5.92 Å². The van der Waals surface area contributed by atoms with Gasteiger partial charge >= 0.3 is 0 Å². The van der Waals surface area contributed by atoms with Crippen LogP contribution in [0.2, 0.25) is 0 Å². The molecule has 3 rings (SSSR count). The Morgan fingerprint density at radius 3 is 2.56 bits per heavy atom. The molecule has 4 unspecified atom stereocenters. The second-order valence-electron chi connectivity index (χ2n) is 8.11. The van der Waals surface area contributed by atoms with Crippen LogP contribution in [0.25, 0.3) is 0 Å². The number of halogens is 1. The zero-order chi connectivity index (χ0) is 16.9. The van der Waals surface area contributed by atoms with Crippen molar-refractivity contribution in [2.45, 2.75) is 83.6 Å². The van der Waals surface area contributed by atoms with Gasteiger partial charge in [0.05, 0.1) is 24.8 Å². The van der Waals surface area contributed by atoms with E-state index in [1.807, 2.05) is 0 Å². The third-order valence-electron chi connectivity index (χ3n) is 5.63. The van der Waals surface area contributed by atoms with E-state index in [1.54, 1.807) is 0 Å². The number of rotatable bonds is 7. The topological polar surface area (TPSA) is 48.9 Å². The first-order valence-corrected chi connectivity index (χ1v) is 10.1. The molecule has 5 nitrogen and oxygen atoms in total. The Bertz CT molecular complexity index is 426. The quantitative estimate of drug-likeness (QED) is 0.346. The zero-order valence-corrected chi connectivity index (χ0v) is 18.5. The predicted molar refractivity (Wildman–Crippen MR) is 115 cm³/mol. The molecule has 0 aromatic rings. The number of aliphatic imine (C=N–C) groups is 1. The largest absolute Gasteiger partial charge is 0.373 e. The lowest BCUT2D eigenvalue weighted by Crippen LogP contribution is -2.48. The SMILES string of the molecule is CCNC(=NCC(CC(C)C)N1CCCC1)NC1CC2CCC1O2.I.